The zero-order chi connectivity index (χ0) is 18.4. The first-order valence-corrected chi connectivity index (χ1v) is 9.07. The SMILES string of the molecule is C[C@@H]1CN(Cc2ccccc2)CCCN1C(=O)C(=O)Nc1ccccc1. The number of amides is 2. The zero-order valence-electron chi connectivity index (χ0n) is 15.1. The molecule has 2 amide bonds. The Labute approximate surface area is 154 Å². The summed E-state index contributed by atoms with van der Waals surface area (Å²) >= 11 is 0. The van der Waals surface area contributed by atoms with E-state index in [1.54, 1.807) is 17.0 Å². The lowest BCUT2D eigenvalue weighted by atomic mass is 10.2. The van der Waals surface area contributed by atoms with Crippen LogP contribution in [0.4, 0.5) is 5.69 Å². The minimum absolute atomic E-state index is 0.00441. The first-order valence-electron chi connectivity index (χ1n) is 9.07. The van der Waals surface area contributed by atoms with Crippen molar-refractivity contribution in [3.63, 3.8) is 0 Å². The molecule has 2 aromatic rings. The molecular weight excluding hydrogens is 326 g/mol. The molecule has 1 heterocycles. The van der Waals surface area contributed by atoms with Gasteiger partial charge in [0.1, 0.15) is 0 Å². The summed E-state index contributed by atoms with van der Waals surface area (Å²) in [4.78, 5) is 29.0. The number of carbonyl (C=O) groups is 2. The number of hydrogen-bond acceptors (Lipinski definition) is 3. The van der Waals surface area contributed by atoms with Gasteiger partial charge in [-0.15, -0.1) is 0 Å². The second kappa shape index (κ2) is 8.63. The van der Waals surface area contributed by atoms with Crippen LogP contribution in [-0.4, -0.2) is 47.3 Å². The van der Waals surface area contributed by atoms with E-state index in [2.05, 4.69) is 22.3 Å². The molecule has 1 aliphatic rings. The summed E-state index contributed by atoms with van der Waals surface area (Å²) in [7, 11) is 0. The third-order valence-corrected chi connectivity index (χ3v) is 4.66. The van der Waals surface area contributed by atoms with E-state index in [1.165, 1.54) is 5.56 Å². The van der Waals surface area contributed by atoms with Gasteiger partial charge in [0.15, 0.2) is 0 Å². The number of carbonyl (C=O) groups excluding carboxylic acids is 2. The van der Waals surface area contributed by atoms with E-state index in [9.17, 15) is 9.59 Å². The monoisotopic (exact) mass is 351 g/mol. The number of nitrogens with one attached hydrogen (secondary N) is 1. The second-order valence-electron chi connectivity index (χ2n) is 6.74. The van der Waals surface area contributed by atoms with E-state index in [4.69, 9.17) is 0 Å². The fraction of sp³-hybridized carbons (Fsp3) is 0.333. The van der Waals surface area contributed by atoms with Crippen molar-refractivity contribution in [3.8, 4) is 0 Å². The molecule has 1 N–H and O–H groups in total. The Morgan fingerprint density at radius 1 is 1.00 bits per heavy atom. The number of rotatable bonds is 3. The first kappa shape index (κ1) is 18.1. The quantitative estimate of drug-likeness (QED) is 0.865. The normalized spacial score (nSPS) is 18.2. The van der Waals surface area contributed by atoms with E-state index < -0.39 is 11.8 Å². The highest BCUT2D eigenvalue weighted by atomic mass is 16.2. The topological polar surface area (TPSA) is 52.7 Å². The van der Waals surface area contributed by atoms with E-state index in [-0.39, 0.29) is 6.04 Å². The molecule has 26 heavy (non-hydrogen) atoms. The number of benzene rings is 2. The summed E-state index contributed by atoms with van der Waals surface area (Å²) in [6, 6.07) is 19.4. The molecule has 1 saturated heterocycles. The van der Waals surface area contributed by atoms with E-state index >= 15 is 0 Å². The van der Waals surface area contributed by atoms with Gasteiger partial charge in [-0.1, -0.05) is 48.5 Å². The van der Waals surface area contributed by atoms with Crippen molar-refractivity contribution >= 4 is 17.5 Å². The summed E-state index contributed by atoms with van der Waals surface area (Å²) < 4.78 is 0. The summed E-state index contributed by atoms with van der Waals surface area (Å²) in [6.45, 7) is 5.16. The summed E-state index contributed by atoms with van der Waals surface area (Å²) in [5.74, 6) is -1.03. The highest BCUT2D eigenvalue weighted by Crippen LogP contribution is 2.14. The van der Waals surface area contributed by atoms with Crippen molar-refractivity contribution < 1.29 is 9.59 Å². The van der Waals surface area contributed by atoms with Crippen LogP contribution < -0.4 is 5.32 Å². The van der Waals surface area contributed by atoms with Crippen LogP contribution in [0.5, 0.6) is 0 Å². The van der Waals surface area contributed by atoms with Crippen LogP contribution >= 0.6 is 0 Å². The van der Waals surface area contributed by atoms with Crippen molar-refractivity contribution in [3.05, 3.63) is 66.2 Å². The molecule has 1 aliphatic heterocycles. The van der Waals surface area contributed by atoms with Gasteiger partial charge in [-0.25, -0.2) is 0 Å². The first-order chi connectivity index (χ1) is 12.6. The molecule has 0 bridgehead atoms. The van der Waals surface area contributed by atoms with Gasteiger partial charge in [-0.05, 0) is 31.0 Å². The molecule has 5 heteroatoms. The van der Waals surface area contributed by atoms with Crippen LogP contribution in [0.3, 0.4) is 0 Å². The zero-order valence-corrected chi connectivity index (χ0v) is 15.1. The summed E-state index contributed by atoms with van der Waals surface area (Å²) in [5.41, 5.74) is 1.90. The molecule has 0 saturated carbocycles. The number of nitrogens with zero attached hydrogens (tertiary/aromatic N) is 2. The van der Waals surface area contributed by atoms with Gasteiger partial charge in [0.2, 0.25) is 0 Å². The Morgan fingerprint density at radius 2 is 1.65 bits per heavy atom. The van der Waals surface area contributed by atoms with Crippen LogP contribution in [0.2, 0.25) is 0 Å². The maximum absolute atomic E-state index is 12.6. The Bertz CT molecular complexity index is 733. The number of anilines is 1. The number of hydrogen-bond donors (Lipinski definition) is 1. The molecule has 1 fully saturated rings. The van der Waals surface area contributed by atoms with Crippen LogP contribution in [0.15, 0.2) is 60.7 Å². The molecule has 0 radical (unpaired) electrons. The van der Waals surface area contributed by atoms with Crippen molar-refractivity contribution in [1.82, 2.24) is 9.80 Å². The van der Waals surface area contributed by atoms with Gasteiger partial charge in [0.05, 0.1) is 0 Å². The Balaban J connectivity index is 1.60. The van der Waals surface area contributed by atoms with Gasteiger partial charge in [0.25, 0.3) is 0 Å². The minimum Gasteiger partial charge on any atom is -0.330 e. The fourth-order valence-electron chi connectivity index (χ4n) is 3.37. The average molecular weight is 351 g/mol. The predicted octanol–water partition coefficient (Wildman–Crippen LogP) is 2.75. The van der Waals surface area contributed by atoms with Gasteiger partial charge < -0.3 is 10.2 Å². The maximum Gasteiger partial charge on any atom is 0.313 e. The third kappa shape index (κ3) is 4.70. The van der Waals surface area contributed by atoms with Gasteiger partial charge in [-0.2, -0.15) is 0 Å². The maximum atomic E-state index is 12.6. The smallest absolute Gasteiger partial charge is 0.313 e. The Morgan fingerprint density at radius 3 is 2.35 bits per heavy atom. The minimum atomic E-state index is -0.570. The predicted molar refractivity (Wildman–Crippen MR) is 103 cm³/mol. The van der Waals surface area contributed by atoms with E-state index in [0.29, 0.717) is 12.2 Å². The van der Waals surface area contributed by atoms with Crippen LogP contribution in [0.25, 0.3) is 0 Å². The molecule has 136 valence electrons. The molecule has 0 spiro atoms. The Kier molecular flexibility index (Phi) is 6.02. The van der Waals surface area contributed by atoms with Crippen LogP contribution in [0, 0.1) is 0 Å². The van der Waals surface area contributed by atoms with Crippen molar-refractivity contribution in [1.29, 1.82) is 0 Å². The molecule has 0 unspecified atom stereocenters. The molecule has 0 aliphatic carbocycles. The molecule has 1 atom stereocenters. The summed E-state index contributed by atoms with van der Waals surface area (Å²) in [5, 5.41) is 2.69. The van der Waals surface area contributed by atoms with Crippen molar-refractivity contribution in [2.45, 2.75) is 25.9 Å². The largest absolute Gasteiger partial charge is 0.330 e. The van der Waals surface area contributed by atoms with Gasteiger partial charge in [-0.3, -0.25) is 14.5 Å². The van der Waals surface area contributed by atoms with Crippen LogP contribution in [0.1, 0.15) is 18.9 Å². The molecule has 0 aromatic heterocycles. The van der Waals surface area contributed by atoms with Crippen LogP contribution in [-0.2, 0) is 16.1 Å². The lowest BCUT2D eigenvalue weighted by molar-refractivity contribution is -0.144. The second-order valence-corrected chi connectivity index (χ2v) is 6.74. The van der Waals surface area contributed by atoms with Crippen molar-refractivity contribution in [2.75, 3.05) is 25.0 Å². The van der Waals surface area contributed by atoms with Gasteiger partial charge >= 0.3 is 11.8 Å². The fourth-order valence-corrected chi connectivity index (χ4v) is 3.37. The highest BCUT2D eigenvalue weighted by Gasteiger charge is 2.29. The number of para-hydroxylation sites is 1. The molecule has 2 aromatic carbocycles. The van der Waals surface area contributed by atoms with E-state index in [0.717, 1.165) is 26.1 Å². The highest BCUT2D eigenvalue weighted by molar-refractivity contribution is 6.39. The molecular formula is C21H25N3O2. The summed E-state index contributed by atoms with van der Waals surface area (Å²) in [6.07, 6.45) is 0.863. The van der Waals surface area contributed by atoms with Gasteiger partial charge in [0, 0.05) is 37.9 Å². The third-order valence-electron chi connectivity index (χ3n) is 4.66. The standard InChI is InChI=1S/C21H25N3O2/c1-17-15-23(16-18-9-4-2-5-10-18)13-8-14-24(17)21(26)20(25)22-19-11-6-3-7-12-19/h2-7,9-12,17H,8,13-16H2,1H3,(H,22,25)/t17-/m1/s1. The lowest BCUT2D eigenvalue weighted by Crippen LogP contribution is -2.47. The average Bonchev–Trinajstić information content (AvgIpc) is 2.83. The molecule has 3 rings (SSSR count). The van der Waals surface area contributed by atoms with E-state index in [1.807, 2.05) is 43.3 Å². The van der Waals surface area contributed by atoms with Crippen molar-refractivity contribution in [2.24, 2.45) is 0 Å². The lowest BCUT2D eigenvalue weighted by Gasteiger charge is -2.28. The molecule has 5 nitrogen and oxygen atoms in total. The Hall–Kier alpha value is -2.66.